The average Bonchev–Trinajstić information content (AvgIpc) is 3.80. The molecule has 0 atom stereocenters. The molecule has 0 aliphatic carbocycles. The molecule has 1 N–H and O–H groups in total. The second kappa shape index (κ2) is 14.3. The lowest BCUT2D eigenvalue weighted by molar-refractivity contribution is -0.137. The van der Waals surface area contributed by atoms with E-state index in [2.05, 4.69) is 49.1 Å². The van der Waals surface area contributed by atoms with Gasteiger partial charge in [-0.15, -0.1) is 5.10 Å². The highest BCUT2D eigenvalue weighted by molar-refractivity contribution is 7.03. The Hall–Kier alpha value is -5.60. The Morgan fingerprint density at radius 3 is 2.35 bits per heavy atom. The van der Waals surface area contributed by atoms with Crippen LogP contribution in [0.4, 0.5) is 18.9 Å². The fourth-order valence-corrected chi connectivity index (χ4v) is 6.45. The number of nitrogens with zero attached hydrogens (tertiary/aromatic N) is 6. The highest BCUT2D eigenvalue weighted by Crippen LogP contribution is 2.30. The number of anilines is 1. The van der Waals surface area contributed by atoms with Crippen LogP contribution in [0.25, 0.3) is 22.2 Å². The Morgan fingerprint density at radius 2 is 1.69 bits per heavy atom. The van der Waals surface area contributed by atoms with Gasteiger partial charge in [-0.2, -0.15) is 13.2 Å². The summed E-state index contributed by atoms with van der Waals surface area (Å²) < 4.78 is 50.2. The Bertz CT molecular complexity index is 2140. The molecule has 0 bridgehead atoms. The van der Waals surface area contributed by atoms with Crippen LogP contribution in [0.2, 0.25) is 0 Å². The quantitative estimate of drug-likeness (QED) is 0.170. The molecule has 3 aromatic heterocycles. The van der Waals surface area contributed by atoms with Crippen molar-refractivity contribution in [2.75, 3.05) is 38.0 Å². The molecule has 1 fully saturated rings. The number of carbonyl (C=O) groups excluding carboxylic acids is 2. The van der Waals surface area contributed by atoms with Crippen molar-refractivity contribution in [2.45, 2.75) is 12.6 Å². The molecule has 2 amide bonds. The zero-order valence-electron chi connectivity index (χ0n) is 27.4. The van der Waals surface area contributed by atoms with Crippen molar-refractivity contribution in [1.82, 2.24) is 28.9 Å². The molecule has 10 nitrogen and oxygen atoms in total. The van der Waals surface area contributed by atoms with E-state index in [0.717, 1.165) is 72.5 Å². The fraction of sp³-hybridized carbons (Fsp3) is 0.216. The first-order valence-corrected chi connectivity index (χ1v) is 17.0. The van der Waals surface area contributed by atoms with E-state index < -0.39 is 17.6 Å². The number of ether oxygens (including phenoxy) is 1. The van der Waals surface area contributed by atoms with Gasteiger partial charge >= 0.3 is 6.18 Å². The first-order chi connectivity index (χ1) is 24.6. The molecule has 4 heterocycles. The van der Waals surface area contributed by atoms with Crippen LogP contribution < -0.4 is 10.1 Å². The third-order valence-corrected chi connectivity index (χ3v) is 9.42. The number of piperazine rings is 1. The van der Waals surface area contributed by atoms with Gasteiger partial charge in [0, 0.05) is 73.8 Å². The molecule has 0 unspecified atom stereocenters. The van der Waals surface area contributed by atoms with E-state index in [1.807, 2.05) is 40.1 Å². The normalized spacial score (nSPS) is 13.8. The molecule has 0 radical (unpaired) electrons. The second-order valence-corrected chi connectivity index (χ2v) is 12.8. The number of halogens is 3. The number of nitrogens with one attached hydrogen (secondary N) is 1. The maximum atomic E-state index is 13.6. The van der Waals surface area contributed by atoms with Crippen molar-refractivity contribution in [1.29, 1.82) is 0 Å². The van der Waals surface area contributed by atoms with Gasteiger partial charge in [-0.05, 0) is 72.0 Å². The third kappa shape index (κ3) is 7.76. The van der Waals surface area contributed by atoms with Gasteiger partial charge in [0.15, 0.2) is 0 Å². The van der Waals surface area contributed by atoms with E-state index in [9.17, 15) is 22.8 Å². The average molecular weight is 712 g/mol. The molecule has 0 spiro atoms. The van der Waals surface area contributed by atoms with Gasteiger partial charge < -0.3 is 19.5 Å². The lowest BCUT2D eigenvalue weighted by Gasteiger charge is -2.34. The molecular weight excluding hydrogens is 680 g/mol. The van der Waals surface area contributed by atoms with Crippen molar-refractivity contribution in [3.63, 3.8) is 0 Å². The summed E-state index contributed by atoms with van der Waals surface area (Å²) in [6.45, 7) is 3.83. The minimum absolute atomic E-state index is 0.0152. The van der Waals surface area contributed by atoms with Gasteiger partial charge in [0.05, 0.1) is 23.0 Å². The summed E-state index contributed by atoms with van der Waals surface area (Å²) in [7, 11) is 1.86. The Kier molecular flexibility index (Phi) is 9.52. The number of benzene rings is 3. The standard InChI is InChI=1S/C37H32F3N7O3S/c1-45-32-21-30(50-34-13-11-29(22-41-34)42-35(48)26-6-9-28(10-7-26)37(38,39)40)12-8-27(32)20-33(45)36(49)47-18-16-46(17-19-47)15-14-24-2-4-25(5-3-24)31-23-51-44-43-31/h2-13,20-23H,14-19H2,1H3,(H,42,48). The monoisotopic (exact) mass is 711 g/mol. The molecule has 51 heavy (non-hydrogen) atoms. The van der Waals surface area contributed by atoms with Crippen LogP contribution in [0.3, 0.4) is 0 Å². The van der Waals surface area contributed by atoms with E-state index >= 15 is 0 Å². The summed E-state index contributed by atoms with van der Waals surface area (Å²) in [5.41, 5.74) is 4.24. The zero-order valence-corrected chi connectivity index (χ0v) is 28.2. The minimum atomic E-state index is -4.48. The zero-order chi connectivity index (χ0) is 35.5. The SMILES string of the molecule is Cn1c(C(=O)N2CCN(CCc3ccc(-c4csnn4)cc3)CC2)cc2ccc(Oc3ccc(NC(=O)c4ccc(C(F)(F)F)cc4)cn3)cc21. The largest absolute Gasteiger partial charge is 0.439 e. The highest BCUT2D eigenvalue weighted by atomic mass is 32.1. The van der Waals surface area contributed by atoms with Crippen molar-refractivity contribution in [3.05, 3.63) is 119 Å². The first kappa shape index (κ1) is 33.9. The molecule has 6 aromatic rings. The number of carbonyl (C=O) groups is 2. The lowest BCUT2D eigenvalue weighted by Crippen LogP contribution is -2.49. The number of amides is 2. The first-order valence-electron chi connectivity index (χ1n) is 16.2. The third-order valence-electron chi connectivity index (χ3n) is 8.91. The lowest BCUT2D eigenvalue weighted by atomic mass is 10.1. The van der Waals surface area contributed by atoms with Crippen LogP contribution in [-0.2, 0) is 19.6 Å². The number of alkyl halides is 3. The van der Waals surface area contributed by atoms with Crippen LogP contribution in [0.5, 0.6) is 11.6 Å². The van der Waals surface area contributed by atoms with Crippen LogP contribution >= 0.6 is 11.5 Å². The topological polar surface area (TPSA) is 105 Å². The molecule has 3 aromatic carbocycles. The Balaban J connectivity index is 0.919. The van der Waals surface area contributed by atoms with E-state index in [1.165, 1.54) is 23.3 Å². The van der Waals surface area contributed by atoms with Crippen molar-refractivity contribution in [3.8, 4) is 22.9 Å². The molecule has 260 valence electrons. The van der Waals surface area contributed by atoms with Crippen molar-refractivity contribution in [2.24, 2.45) is 7.05 Å². The predicted octanol–water partition coefficient (Wildman–Crippen LogP) is 7.16. The van der Waals surface area contributed by atoms with Gasteiger partial charge in [-0.3, -0.25) is 14.5 Å². The van der Waals surface area contributed by atoms with Gasteiger partial charge in [-0.1, -0.05) is 28.8 Å². The molecule has 0 saturated carbocycles. The smallest absolute Gasteiger partial charge is 0.416 e. The van der Waals surface area contributed by atoms with Crippen LogP contribution in [0.15, 0.2) is 96.5 Å². The number of hydrogen-bond acceptors (Lipinski definition) is 8. The van der Waals surface area contributed by atoms with Gasteiger partial charge in [0.1, 0.15) is 17.1 Å². The number of aryl methyl sites for hydroxylation is 1. The van der Waals surface area contributed by atoms with Crippen LogP contribution in [0, 0.1) is 0 Å². The molecular formula is C37H32F3N7O3S. The predicted molar refractivity (Wildman–Crippen MR) is 188 cm³/mol. The molecule has 1 saturated heterocycles. The summed E-state index contributed by atoms with van der Waals surface area (Å²) in [5.74, 6) is 0.207. The molecule has 14 heteroatoms. The Labute approximate surface area is 295 Å². The molecule has 1 aliphatic rings. The second-order valence-electron chi connectivity index (χ2n) is 12.2. The van der Waals surface area contributed by atoms with E-state index in [1.54, 1.807) is 18.2 Å². The number of hydrogen-bond donors (Lipinski definition) is 1. The van der Waals surface area contributed by atoms with Gasteiger partial charge in [0.2, 0.25) is 5.88 Å². The summed E-state index contributed by atoms with van der Waals surface area (Å²) >= 11 is 1.34. The van der Waals surface area contributed by atoms with Crippen molar-refractivity contribution >= 4 is 39.9 Å². The van der Waals surface area contributed by atoms with E-state index in [4.69, 9.17) is 4.74 Å². The minimum Gasteiger partial charge on any atom is -0.439 e. The Morgan fingerprint density at radius 1 is 0.922 bits per heavy atom. The van der Waals surface area contributed by atoms with Crippen molar-refractivity contribution < 1.29 is 27.5 Å². The van der Waals surface area contributed by atoms with Gasteiger partial charge in [-0.25, -0.2) is 4.98 Å². The molecule has 1 aliphatic heterocycles. The maximum Gasteiger partial charge on any atom is 0.416 e. The van der Waals surface area contributed by atoms with E-state index in [0.29, 0.717) is 30.2 Å². The summed E-state index contributed by atoms with van der Waals surface area (Å²) in [5, 5.41) is 9.58. The fourth-order valence-electron chi connectivity index (χ4n) is 5.98. The number of rotatable bonds is 9. The van der Waals surface area contributed by atoms with Crippen LogP contribution in [0.1, 0.15) is 32.0 Å². The summed E-state index contributed by atoms with van der Waals surface area (Å²) in [4.78, 5) is 34.6. The summed E-state index contributed by atoms with van der Waals surface area (Å²) in [6, 6.07) is 23.0. The highest BCUT2D eigenvalue weighted by Gasteiger charge is 2.30. The summed E-state index contributed by atoms with van der Waals surface area (Å²) in [6.07, 6.45) is -2.15. The molecule has 7 rings (SSSR count). The number of fused-ring (bicyclic) bond motifs is 1. The maximum absolute atomic E-state index is 13.6. The number of pyridine rings is 1. The number of aromatic nitrogens is 4. The van der Waals surface area contributed by atoms with Gasteiger partial charge in [0.25, 0.3) is 11.8 Å². The van der Waals surface area contributed by atoms with E-state index in [-0.39, 0.29) is 17.4 Å². The van der Waals surface area contributed by atoms with Crippen LogP contribution in [-0.4, -0.2) is 73.5 Å².